The van der Waals surface area contributed by atoms with Crippen LogP contribution in [0.15, 0.2) is 29.3 Å². The molecule has 2 rings (SSSR count). The maximum absolute atomic E-state index is 13.9. The molecule has 5 nitrogen and oxygen atoms in total. The molecule has 0 radical (unpaired) electrons. The molecule has 1 aliphatic rings. The molecule has 1 aliphatic heterocycles. The first-order valence-electron chi connectivity index (χ1n) is 5.80. The van der Waals surface area contributed by atoms with Crippen LogP contribution in [0, 0.1) is 5.82 Å². The van der Waals surface area contributed by atoms with Gasteiger partial charge in [0, 0.05) is 7.05 Å². The molecule has 1 aromatic rings. The molecule has 1 saturated heterocycles. The molecule has 1 aromatic carbocycles. The summed E-state index contributed by atoms with van der Waals surface area (Å²) in [6.45, 7) is 0. The van der Waals surface area contributed by atoms with Crippen molar-refractivity contribution < 1.29 is 14.0 Å². The Morgan fingerprint density at radius 1 is 1.23 bits per heavy atom. The highest BCUT2D eigenvalue weighted by Gasteiger charge is 2.44. The molecule has 1 heterocycles. The number of carbonyl (C=O) groups excluding carboxylic acids is 2. The summed E-state index contributed by atoms with van der Waals surface area (Å²) >= 11 is 22.6. The van der Waals surface area contributed by atoms with Crippen molar-refractivity contribution in [3.8, 4) is 0 Å². The first-order valence-corrected chi connectivity index (χ1v) is 7.37. The van der Waals surface area contributed by atoms with Gasteiger partial charge in [-0.15, -0.1) is 0 Å². The van der Waals surface area contributed by atoms with Gasteiger partial charge in [0.15, 0.2) is 5.50 Å². The fraction of sp³-hybridized carbons (Fsp3) is 0.250. The van der Waals surface area contributed by atoms with Gasteiger partial charge in [-0.1, -0.05) is 58.5 Å². The zero-order valence-electron chi connectivity index (χ0n) is 10.9. The fourth-order valence-electron chi connectivity index (χ4n) is 1.72. The molecule has 0 spiro atoms. The van der Waals surface area contributed by atoms with E-state index in [4.69, 9.17) is 46.4 Å². The van der Waals surface area contributed by atoms with Gasteiger partial charge in [0.25, 0.3) is 5.91 Å². The summed E-state index contributed by atoms with van der Waals surface area (Å²) in [6.07, 6.45) is 0. The highest BCUT2D eigenvalue weighted by Crippen LogP contribution is 2.35. The first kappa shape index (κ1) is 17.3. The minimum absolute atomic E-state index is 0.155. The Labute approximate surface area is 145 Å². The number of hydrogen-bond acceptors (Lipinski definition) is 3. The van der Waals surface area contributed by atoms with Crippen LogP contribution in [-0.4, -0.2) is 39.0 Å². The number of anilines is 1. The maximum atomic E-state index is 13.9. The number of alkyl halides is 4. The molecular weight excluding hydrogens is 379 g/mol. The number of urea groups is 1. The third-order valence-corrected chi connectivity index (χ3v) is 4.17. The first-order chi connectivity index (χ1) is 10.1. The van der Waals surface area contributed by atoms with Crippen LogP contribution in [0.4, 0.5) is 14.9 Å². The predicted octanol–water partition coefficient (Wildman–Crippen LogP) is 3.56. The van der Waals surface area contributed by atoms with Crippen molar-refractivity contribution >= 4 is 69.9 Å². The maximum Gasteiger partial charge on any atom is 0.337 e. The van der Waals surface area contributed by atoms with E-state index in [1.165, 1.54) is 25.2 Å². The average Bonchev–Trinajstić information content (AvgIpc) is 2.63. The number of amidine groups is 1. The molecule has 0 aromatic heterocycles. The number of carbonyl (C=O) groups is 2. The van der Waals surface area contributed by atoms with Gasteiger partial charge in [0.1, 0.15) is 5.82 Å². The van der Waals surface area contributed by atoms with Crippen LogP contribution in [0.2, 0.25) is 0 Å². The van der Waals surface area contributed by atoms with E-state index in [1.807, 2.05) is 0 Å². The van der Waals surface area contributed by atoms with E-state index in [0.29, 0.717) is 0 Å². The molecule has 22 heavy (non-hydrogen) atoms. The van der Waals surface area contributed by atoms with Crippen LogP contribution >= 0.6 is 46.4 Å². The van der Waals surface area contributed by atoms with Crippen LogP contribution < -0.4 is 4.90 Å². The number of aliphatic imine (C=N–C) groups is 1. The van der Waals surface area contributed by atoms with E-state index in [-0.39, 0.29) is 5.69 Å². The van der Waals surface area contributed by atoms with Gasteiger partial charge in [-0.25, -0.2) is 19.1 Å². The summed E-state index contributed by atoms with van der Waals surface area (Å²) in [5, 5.41) is 0. The van der Waals surface area contributed by atoms with E-state index in [2.05, 4.69) is 4.99 Å². The fourth-order valence-corrected chi connectivity index (χ4v) is 1.96. The summed E-state index contributed by atoms with van der Waals surface area (Å²) in [5.74, 6) is -1.93. The number of hydrogen-bond donors (Lipinski definition) is 0. The molecule has 3 amide bonds. The molecule has 0 bridgehead atoms. The third kappa shape index (κ3) is 3.15. The minimum Gasteiger partial charge on any atom is -0.265 e. The summed E-state index contributed by atoms with van der Waals surface area (Å²) in [7, 11) is 1.22. The smallest absolute Gasteiger partial charge is 0.265 e. The molecule has 1 fully saturated rings. The van der Waals surface area contributed by atoms with Crippen molar-refractivity contribution in [1.29, 1.82) is 0 Å². The quantitative estimate of drug-likeness (QED) is 0.443. The molecular formula is C12H8Cl4FN3O2. The molecule has 0 N–H and O–H groups in total. The Morgan fingerprint density at radius 3 is 2.36 bits per heavy atom. The zero-order valence-corrected chi connectivity index (χ0v) is 14.0. The van der Waals surface area contributed by atoms with Gasteiger partial charge in [0.05, 0.1) is 5.69 Å². The summed E-state index contributed by atoms with van der Waals surface area (Å²) in [5.41, 5.74) is -1.60. The Kier molecular flexibility index (Phi) is 4.87. The van der Waals surface area contributed by atoms with E-state index in [9.17, 15) is 14.0 Å². The number of imide groups is 1. The second-order valence-corrected chi connectivity index (χ2v) is 7.05. The van der Waals surface area contributed by atoms with Crippen molar-refractivity contribution in [3.05, 3.63) is 30.1 Å². The minimum atomic E-state index is -2.00. The lowest BCUT2D eigenvalue weighted by atomic mass is 10.3. The number of halogens is 5. The van der Waals surface area contributed by atoms with Gasteiger partial charge < -0.3 is 0 Å². The predicted molar refractivity (Wildman–Crippen MR) is 84.4 cm³/mol. The van der Waals surface area contributed by atoms with Crippen molar-refractivity contribution in [2.75, 3.05) is 11.9 Å². The number of rotatable bonds is 2. The van der Waals surface area contributed by atoms with Crippen LogP contribution in [0.3, 0.4) is 0 Å². The lowest BCUT2D eigenvalue weighted by Crippen LogP contribution is -2.33. The summed E-state index contributed by atoms with van der Waals surface area (Å²) in [4.78, 5) is 29.5. The van der Waals surface area contributed by atoms with Gasteiger partial charge >= 0.3 is 6.03 Å². The van der Waals surface area contributed by atoms with Crippen LogP contribution in [0.5, 0.6) is 0 Å². The molecule has 10 heteroatoms. The molecule has 0 saturated carbocycles. The largest absolute Gasteiger partial charge is 0.337 e. The van der Waals surface area contributed by atoms with Crippen LogP contribution in [0.25, 0.3) is 0 Å². The molecule has 0 aliphatic carbocycles. The summed E-state index contributed by atoms with van der Waals surface area (Å²) in [6, 6.07) is 4.60. The topological polar surface area (TPSA) is 53.0 Å². The van der Waals surface area contributed by atoms with Crippen LogP contribution in [0.1, 0.15) is 0 Å². The number of benzene rings is 1. The van der Waals surface area contributed by atoms with E-state index in [0.717, 1.165) is 15.9 Å². The lowest BCUT2D eigenvalue weighted by Gasteiger charge is -2.18. The third-order valence-electron chi connectivity index (χ3n) is 2.79. The zero-order chi connectivity index (χ0) is 16.7. The lowest BCUT2D eigenvalue weighted by molar-refractivity contribution is -0.119. The second-order valence-electron chi connectivity index (χ2n) is 4.26. The number of likely N-dealkylation sites (N-methyl/N-ethyl adjacent to an activating group) is 1. The average molecular weight is 387 g/mol. The van der Waals surface area contributed by atoms with Gasteiger partial charge in [-0.2, -0.15) is 0 Å². The number of nitrogens with zero attached hydrogens (tertiary/aromatic N) is 3. The Bertz CT molecular complexity index is 662. The van der Waals surface area contributed by atoms with E-state index >= 15 is 0 Å². The monoisotopic (exact) mass is 385 g/mol. The van der Waals surface area contributed by atoms with Crippen molar-refractivity contribution in [3.63, 3.8) is 0 Å². The van der Waals surface area contributed by atoms with Crippen molar-refractivity contribution in [2.45, 2.75) is 9.29 Å². The number of para-hydroxylation sites is 1. The van der Waals surface area contributed by atoms with E-state index < -0.39 is 32.9 Å². The van der Waals surface area contributed by atoms with E-state index in [1.54, 1.807) is 0 Å². The Hall–Kier alpha value is -1.08. The normalized spacial score (nSPS) is 19.3. The second kappa shape index (κ2) is 6.20. The standard InChI is InChI=1S/C12H8Cl4FN3O2/c1-19-9(21)8(18-10(13)12(14,15)16)20(11(19)22)7-5-3-2-4-6(7)17/h2-5,10H,1H3/b18-8-. The van der Waals surface area contributed by atoms with Crippen LogP contribution in [-0.2, 0) is 4.79 Å². The molecule has 1 unspecified atom stereocenters. The van der Waals surface area contributed by atoms with Crippen molar-refractivity contribution in [1.82, 2.24) is 4.90 Å². The van der Waals surface area contributed by atoms with Gasteiger partial charge in [-0.3, -0.25) is 9.69 Å². The highest BCUT2D eigenvalue weighted by atomic mass is 35.6. The molecule has 118 valence electrons. The SMILES string of the molecule is CN1C(=O)/C(=N/C(Cl)C(Cl)(Cl)Cl)N(c2ccccc2F)C1=O. The van der Waals surface area contributed by atoms with Gasteiger partial charge in [0.2, 0.25) is 9.63 Å². The molecule has 1 atom stereocenters. The Balaban J connectivity index is 2.54. The number of amides is 3. The Morgan fingerprint density at radius 2 is 1.82 bits per heavy atom. The van der Waals surface area contributed by atoms with Crippen molar-refractivity contribution in [2.24, 2.45) is 4.99 Å². The highest BCUT2D eigenvalue weighted by molar-refractivity contribution is 6.70. The summed E-state index contributed by atoms with van der Waals surface area (Å²) < 4.78 is 11.9. The van der Waals surface area contributed by atoms with Gasteiger partial charge in [-0.05, 0) is 12.1 Å².